The molecule has 1 heterocycles. The lowest BCUT2D eigenvalue weighted by Gasteiger charge is -1.92. The van der Waals surface area contributed by atoms with Crippen LogP contribution in [0.3, 0.4) is 0 Å². The number of hydrogen-bond acceptors (Lipinski definition) is 1. The Morgan fingerprint density at radius 2 is 2.33 bits per heavy atom. The van der Waals surface area contributed by atoms with Crippen molar-refractivity contribution >= 4 is 7.98 Å². The van der Waals surface area contributed by atoms with Crippen LogP contribution in [0.5, 0.6) is 0 Å². The average Bonchev–Trinajstić information content (AvgIpc) is 1.89. The third-order valence-electron chi connectivity index (χ3n) is 1.14. The van der Waals surface area contributed by atoms with E-state index in [0.717, 1.165) is 0 Å². The van der Waals surface area contributed by atoms with Crippen molar-refractivity contribution in [2.24, 2.45) is 0 Å². The summed E-state index contributed by atoms with van der Waals surface area (Å²) < 4.78 is 1.39. The molecule has 0 unspecified atom stereocenters. The van der Waals surface area contributed by atoms with Gasteiger partial charge in [0.1, 0.15) is 12.8 Å². The molecule has 1 N–H and O–H groups in total. The molecule has 9 heavy (non-hydrogen) atoms. The van der Waals surface area contributed by atoms with E-state index in [1.807, 2.05) is 6.07 Å². The second-order valence-electron chi connectivity index (χ2n) is 1.76. The van der Waals surface area contributed by atoms with Crippen molar-refractivity contribution in [3.63, 3.8) is 0 Å². The largest absolute Gasteiger partial charge is 0.586 e. The van der Waals surface area contributed by atoms with Gasteiger partial charge in [-0.1, -0.05) is 6.07 Å². The maximum atomic E-state index is 8.62. The van der Waals surface area contributed by atoms with E-state index in [4.69, 9.17) is 13.1 Å². The molecule has 0 bridgehead atoms. The second-order valence-corrected chi connectivity index (χ2v) is 1.76. The van der Waals surface area contributed by atoms with Gasteiger partial charge < -0.3 is 5.11 Å². The van der Waals surface area contributed by atoms with Crippen molar-refractivity contribution in [1.29, 1.82) is 0 Å². The minimum absolute atomic E-state index is 0.0165. The first-order valence-corrected chi connectivity index (χ1v) is 2.70. The number of aliphatic hydroxyl groups excluding tert-OH is 1. The summed E-state index contributed by atoms with van der Waals surface area (Å²) >= 11 is 0. The molecule has 0 saturated carbocycles. The fourth-order valence-corrected chi connectivity index (χ4v) is 0.625. The lowest BCUT2D eigenvalue weighted by atomic mass is 10.3. The van der Waals surface area contributed by atoms with Gasteiger partial charge in [-0.25, -0.2) is 0 Å². The van der Waals surface area contributed by atoms with Crippen LogP contribution in [0, 0.1) is 0 Å². The summed E-state index contributed by atoms with van der Waals surface area (Å²) in [4.78, 5) is 0. The van der Waals surface area contributed by atoms with E-state index in [-0.39, 0.29) is 6.61 Å². The Labute approximate surface area is 55.2 Å². The third-order valence-corrected chi connectivity index (χ3v) is 1.14. The molecule has 0 atom stereocenters. The van der Waals surface area contributed by atoms with Gasteiger partial charge in [0.2, 0.25) is 0 Å². The zero-order chi connectivity index (χ0) is 6.69. The highest BCUT2D eigenvalue weighted by Crippen LogP contribution is 1.86. The molecule has 0 spiro atoms. The first kappa shape index (κ1) is 6.30. The van der Waals surface area contributed by atoms with Crippen LogP contribution in [0.2, 0.25) is 0 Å². The minimum atomic E-state index is -0.0165. The Morgan fingerprint density at radius 1 is 1.56 bits per heavy atom. The summed E-state index contributed by atoms with van der Waals surface area (Å²) in [5.74, 6) is 0. The summed E-state index contributed by atoms with van der Waals surface area (Å²) in [5.41, 5.74) is 0.706. The van der Waals surface area contributed by atoms with Gasteiger partial charge in [-0.15, -0.1) is 0 Å². The molecule has 1 aromatic rings. The smallest absolute Gasteiger partial charge is 0.385 e. The first-order chi connectivity index (χ1) is 4.34. The predicted molar refractivity (Wildman–Crippen MR) is 33.7 cm³/mol. The van der Waals surface area contributed by atoms with Crippen molar-refractivity contribution in [1.82, 2.24) is 0 Å². The predicted octanol–water partition coefficient (Wildman–Crippen LogP) is -0.602. The molecule has 0 aliphatic heterocycles. The summed E-state index contributed by atoms with van der Waals surface area (Å²) in [7, 11) is 5.39. The van der Waals surface area contributed by atoms with Crippen molar-refractivity contribution in [3.8, 4) is 0 Å². The van der Waals surface area contributed by atoms with E-state index in [1.165, 1.54) is 4.48 Å². The molecule has 3 heteroatoms. The van der Waals surface area contributed by atoms with Gasteiger partial charge in [-0.3, -0.25) is 4.48 Å². The molecular formula is C6H7BNO+. The van der Waals surface area contributed by atoms with Crippen LogP contribution in [0.25, 0.3) is 0 Å². The van der Waals surface area contributed by atoms with Gasteiger partial charge in [0.25, 0.3) is 0 Å². The van der Waals surface area contributed by atoms with Crippen LogP contribution in [0.15, 0.2) is 24.4 Å². The standard InChI is InChI=1S/C6H7BNO/c7-8-4-2-1-3-6(8)5-9/h1-4,9H,5H2/q+1. The molecule has 44 valence electrons. The van der Waals surface area contributed by atoms with Gasteiger partial charge in [0.05, 0.1) is 0 Å². The molecule has 2 radical (unpaired) electrons. The molecule has 0 fully saturated rings. The fourth-order valence-electron chi connectivity index (χ4n) is 0.625. The average molecular weight is 120 g/mol. The molecule has 2 nitrogen and oxygen atoms in total. The van der Waals surface area contributed by atoms with Crippen LogP contribution >= 0.6 is 0 Å². The number of nitrogens with zero attached hydrogens (tertiary/aromatic N) is 1. The van der Waals surface area contributed by atoms with Crippen LogP contribution in [-0.2, 0) is 6.61 Å². The number of aliphatic hydroxyl groups is 1. The highest BCUT2D eigenvalue weighted by atomic mass is 16.3. The van der Waals surface area contributed by atoms with E-state index in [2.05, 4.69) is 0 Å². The monoisotopic (exact) mass is 120 g/mol. The lowest BCUT2D eigenvalue weighted by molar-refractivity contribution is -0.534. The minimum Gasteiger partial charge on any atom is -0.385 e. The molecule has 0 saturated heterocycles. The highest BCUT2D eigenvalue weighted by molar-refractivity contribution is 5.94. The van der Waals surface area contributed by atoms with Gasteiger partial charge >= 0.3 is 7.98 Å². The Balaban J connectivity index is 3.01. The zero-order valence-electron chi connectivity index (χ0n) is 4.99. The molecule has 0 aliphatic carbocycles. The zero-order valence-corrected chi connectivity index (χ0v) is 4.99. The van der Waals surface area contributed by atoms with E-state index >= 15 is 0 Å². The maximum absolute atomic E-state index is 8.62. The number of rotatable bonds is 1. The SMILES string of the molecule is [B][n+]1ccccc1CO. The summed E-state index contributed by atoms with van der Waals surface area (Å²) in [6, 6.07) is 5.40. The van der Waals surface area contributed by atoms with Crippen LogP contribution in [0.1, 0.15) is 5.69 Å². The Kier molecular flexibility index (Phi) is 1.85. The van der Waals surface area contributed by atoms with Crippen molar-refractivity contribution in [2.75, 3.05) is 0 Å². The third kappa shape index (κ3) is 1.30. The first-order valence-electron chi connectivity index (χ1n) is 2.70. The van der Waals surface area contributed by atoms with Gasteiger partial charge in [0.15, 0.2) is 5.69 Å². The normalized spacial score (nSPS) is 9.44. The van der Waals surface area contributed by atoms with E-state index < -0.39 is 0 Å². The Bertz CT molecular complexity index is 202. The van der Waals surface area contributed by atoms with Crippen LogP contribution in [-0.4, -0.2) is 13.1 Å². The number of pyridine rings is 1. The Morgan fingerprint density at radius 3 is 2.78 bits per heavy atom. The summed E-state index contributed by atoms with van der Waals surface area (Å²) in [5, 5.41) is 8.62. The van der Waals surface area contributed by atoms with Crippen molar-refractivity contribution in [3.05, 3.63) is 30.1 Å². The molecule has 0 aliphatic rings. The quantitative estimate of drug-likeness (QED) is 0.491. The van der Waals surface area contributed by atoms with Gasteiger partial charge in [0, 0.05) is 6.07 Å². The highest BCUT2D eigenvalue weighted by Gasteiger charge is 1.99. The summed E-state index contributed by atoms with van der Waals surface area (Å²) in [6.07, 6.45) is 1.69. The van der Waals surface area contributed by atoms with Crippen LogP contribution in [0.4, 0.5) is 0 Å². The van der Waals surface area contributed by atoms with E-state index in [1.54, 1.807) is 18.3 Å². The topological polar surface area (TPSA) is 24.1 Å². The Hall–Kier alpha value is -0.825. The molecule has 0 amide bonds. The second kappa shape index (κ2) is 2.64. The molecular weight excluding hydrogens is 113 g/mol. The number of hydrogen-bond donors (Lipinski definition) is 1. The van der Waals surface area contributed by atoms with Gasteiger partial charge in [-0.2, -0.15) is 0 Å². The van der Waals surface area contributed by atoms with Crippen LogP contribution < -0.4 is 4.48 Å². The fraction of sp³-hybridized carbons (Fsp3) is 0.167. The molecule has 0 aromatic carbocycles. The molecule has 1 rings (SSSR count). The van der Waals surface area contributed by atoms with Gasteiger partial charge in [-0.05, 0) is 6.07 Å². The van der Waals surface area contributed by atoms with Crippen molar-refractivity contribution < 1.29 is 9.58 Å². The summed E-state index contributed by atoms with van der Waals surface area (Å²) in [6.45, 7) is -0.0165. The number of aromatic nitrogens is 1. The molecule has 1 aromatic heterocycles. The van der Waals surface area contributed by atoms with Crippen molar-refractivity contribution in [2.45, 2.75) is 6.61 Å². The lowest BCUT2D eigenvalue weighted by Crippen LogP contribution is -2.35. The van der Waals surface area contributed by atoms with E-state index in [0.29, 0.717) is 5.69 Å². The maximum Gasteiger partial charge on any atom is 0.586 e. The van der Waals surface area contributed by atoms with E-state index in [9.17, 15) is 0 Å².